The highest BCUT2D eigenvalue weighted by Gasteiger charge is 2.07. The lowest BCUT2D eigenvalue weighted by atomic mass is 10.3. The zero-order valence-corrected chi connectivity index (χ0v) is 10.8. The van der Waals surface area contributed by atoms with E-state index in [1.165, 1.54) is 6.07 Å². The van der Waals surface area contributed by atoms with Crippen LogP contribution in [0.4, 0.5) is 0 Å². The minimum atomic E-state index is -0.589. The van der Waals surface area contributed by atoms with E-state index in [9.17, 15) is 4.79 Å². The van der Waals surface area contributed by atoms with Gasteiger partial charge in [0.1, 0.15) is 5.75 Å². The van der Waals surface area contributed by atoms with Crippen LogP contribution in [0.25, 0.3) is 0 Å². The summed E-state index contributed by atoms with van der Waals surface area (Å²) >= 11 is 11.6. The summed E-state index contributed by atoms with van der Waals surface area (Å²) in [4.78, 5) is 11.3. The number of nitrogens with one attached hydrogen (secondary N) is 1. The molecule has 1 aromatic rings. The maximum Gasteiger partial charge on any atom is 0.258 e. The summed E-state index contributed by atoms with van der Waals surface area (Å²) in [7, 11) is 0. The Bertz CT molecular complexity index is 396. The first-order valence-corrected chi connectivity index (χ1v) is 5.77. The SMILES string of the molecule is CC(O)CNC(=O)COc1cc(Cl)ccc1Cl. The van der Waals surface area contributed by atoms with Gasteiger partial charge in [-0.25, -0.2) is 0 Å². The van der Waals surface area contributed by atoms with Gasteiger partial charge in [0.25, 0.3) is 5.91 Å². The molecule has 94 valence electrons. The average Bonchev–Trinajstić information content (AvgIpc) is 2.27. The van der Waals surface area contributed by atoms with Crippen LogP contribution in [0.2, 0.25) is 10.0 Å². The van der Waals surface area contributed by atoms with Crippen molar-refractivity contribution in [2.45, 2.75) is 13.0 Å². The van der Waals surface area contributed by atoms with Gasteiger partial charge in [0.2, 0.25) is 0 Å². The summed E-state index contributed by atoms with van der Waals surface area (Å²) in [6.07, 6.45) is -0.589. The molecule has 0 saturated carbocycles. The van der Waals surface area contributed by atoms with Crippen LogP contribution in [0, 0.1) is 0 Å². The third-order valence-electron chi connectivity index (χ3n) is 1.85. The van der Waals surface area contributed by atoms with Crippen molar-refractivity contribution in [3.63, 3.8) is 0 Å². The summed E-state index contributed by atoms with van der Waals surface area (Å²) in [5, 5.41) is 12.3. The Hall–Kier alpha value is -0.970. The van der Waals surface area contributed by atoms with Gasteiger partial charge in [-0.15, -0.1) is 0 Å². The summed E-state index contributed by atoms with van der Waals surface area (Å²) in [5.41, 5.74) is 0. The highest BCUT2D eigenvalue weighted by atomic mass is 35.5. The van der Waals surface area contributed by atoms with Crippen molar-refractivity contribution in [3.05, 3.63) is 28.2 Å². The number of aliphatic hydroxyl groups is 1. The molecule has 1 unspecified atom stereocenters. The van der Waals surface area contributed by atoms with Gasteiger partial charge < -0.3 is 15.2 Å². The van der Waals surface area contributed by atoms with Crippen LogP contribution in [0.1, 0.15) is 6.92 Å². The van der Waals surface area contributed by atoms with Gasteiger partial charge in [-0.05, 0) is 19.1 Å². The molecule has 1 aromatic carbocycles. The van der Waals surface area contributed by atoms with Crippen LogP contribution in [-0.4, -0.2) is 30.3 Å². The molecule has 0 saturated heterocycles. The molecule has 0 aliphatic carbocycles. The zero-order valence-electron chi connectivity index (χ0n) is 9.24. The molecule has 2 N–H and O–H groups in total. The Balaban J connectivity index is 2.44. The van der Waals surface area contributed by atoms with Gasteiger partial charge in [0.05, 0.1) is 11.1 Å². The van der Waals surface area contributed by atoms with Gasteiger partial charge in [-0.1, -0.05) is 23.2 Å². The van der Waals surface area contributed by atoms with E-state index in [-0.39, 0.29) is 19.1 Å². The molecule has 0 fully saturated rings. The number of ether oxygens (including phenoxy) is 1. The number of carbonyl (C=O) groups is 1. The standard InChI is InChI=1S/C11H13Cl2NO3/c1-7(15)5-14-11(16)6-17-10-4-8(12)2-3-9(10)13/h2-4,7,15H,5-6H2,1H3,(H,14,16). The number of hydrogen-bond acceptors (Lipinski definition) is 3. The fraction of sp³-hybridized carbons (Fsp3) is 0.364. The average molecular weight is 278 g/mol. The van der Waals surface area contributed by atoms with Crippen LogP contribution in [-0.2, 0) is 4.79 Å². The van der Waals surface area contributed by atoms with Crippen LogP contribution < -0.4 is 10.1 Å². The van der Waals surface area contributed by atoms with E-state index >= 15 is 0 Å². The number of carbonyl (C=O) groups excluding carboxylic acids is 1. The second-order valence-electron chi connectivity index (χ2n) is 3.52. The van der Waals surface area contributed by atoms with E-state index < -0.39 is 6.10 Å². The molecular formula is C11H13Cl2NO3. The minimum Gasteiger partial charge on any atom is -0.482 e. The summed E-state index contributed by atoms with van der Waals surface area (Å²) in [6, 6.07) is 4.75. The van der Waals surface area contributed by atoms with Gasteiger partial charge in [-0.3, -0.25) is 4.79 Å². The molecule has 0 heterocycles. The first-order valence-electron chi connectivity index (χ1n) is 5.01. The van der Waals surface area contributed by atoms with E-state index in [0.717, 1.165) is 0 Å². The maximum atomic E-state index is 11.3. The second kappa shape index (κ2) is 6.69. The van der Waals surface area contributed by atoms with Gasteiger partial charge in [0.15, 0.2) is 6.61 Å². The Morgan fingerprint density at radius 3 is 2.88 bits per heavy atom. The lowest BCUT2D eigenvalue weighted by Gasteiger charge is -2.09. The number of amides is 1. The van der Waals surface area contributed by atoms with Crippen molar-refractivity contribution >= 4 is 29.1 Å². The van der Waals surface area contributed by atoms with Crippen molar-refractivity contribution in [1.82, 2.24) is 5.32 Å². The summed E-state index contributed by atoms with van der Waals surface area (Å²) in [6.45, 7) is 1.59. The Morgan fingerprint density at radius 1 is 1.53 bits per heavy atom. The number of rotatable bonds is 5. The van der Waals surface area contributed by atoms with Crippen molar-refractivity contribution in [2.75, 3.05) is 13.2 Å². The zero-order chi connectivity index (χ0) is 12.8. The normalized spacial score (nSPS) is 12.0. The number of hydrogen-bond donors (Lipinski definition) is 2. The third kappa shape index (κ3) is 5.26. The monoisotopic (exact) mass is 277 g/mol. The number of halogens is 2. The topological polar surface area (TPSA) is 58.6 Å². The second-order valence-corrected chi connectivity index (χ2v) is 4.36. The van der Waals surface area contributed by atoms with E-state index in [1.54, 1.807) is 19.1 Å². The van der Waals surface area contributed by atoms with E-state index in [0.29, 0.717) is 15.8 Å². The van der Waals surface area contributed by atoms with Gasteiger partial charge in [-0.2, -0.15) is 0 Å². The van der Waals surface area contributed by atoms with Crippen molar-refractivity contribution in [2.24, 2.45) is 0 Å². The molecule has 0 radical (unpaired) electrons. The van der Waals surface area contributed by atoms with Gasteiger partial charge in [0, 0.05) is 17.6 Å². The quantitative estimate of drug-likeness (QED) is 0.864. The van der Waals surface area contributed by atoms with Crippen molar-refractivity contribution in [1.29, 1.82) is 0 Å². The predicted octanol–water partition coefficient (Wildman–Crippen LogP) is 1.87. The van der Waals surface area contributed by atoms with Crippen molar-refractivity contribution < 1.29 is 14.6 Å². The first-order chi connectivity index (χ1) is 7.99. The largest absolute Gasteiger partial charge is 0.482 e. The Labute approximate surface area is 109 Å². The molecule has 1 atom stereocenters. The lowest BCUT2D eigenvalue weighted by molar-refractivity contribution is -0.123. The molecule has 0 aliphatic heterocycles. The highest BCUT2D eigenvalue weighted by Crippen LogP contribution is 2.27. The van der Waals surface area contributed by atoms with Gasteiger partial charge >= 0.3 is 0 Å². The predicted molar refractivity (Wildman–Crippen MR) is 66.6 cm³/mol. The molecular weight excluding hydrogens is 265 g/mol. The molecule has 0 aromatic heterocycles. The smallest absolute Gasteiger partial charge is 0.258 e. The molecule has 4 nitrogen and oxygen atoms in total. The van der Waals surface area contributed by atoms with Crippen molar-refractivity contribution in [3.8, 4) is 5.75 Å². The van der Waals surface area contributed by atoms with E-state index in [4.69, 9.17) is 33.0 Å². The highest BCUT2D eigenvalue weighted by molar-refractivity contribution is 6.34. The molecule has 6 heteroatoms. The Morgan fingerprint density at radius 2 is 2.24 bits per heavy atom. The van der Waals surface area contributed by atoms with Crippen LogP contribution in [0.5, 0.6) is 5.75 Å². The molecule has 1 amide bonds. The van der Waals surface area contributed by atoms with E-state index in [1.807, 2.05) is 0 Å². The van der Waals surface area contributed by atoms with Crippen LogP contribution in [0.15, 0.2) is 18.2 Å². The lowest BCUT2D eigenvalue weighted by Crippen LogP contribution is -2.34. The molecule has 0 aliphatic rings. The summed E-state index contributed by atoms with van der Waals surface area (Å²) in [5.74, 6) is 0.0216. The first kappa shape index (κ1) is 14.1. The maximum absolute atomic E-state index is 11.3. The fourth-order valence-electron chi connectivity index (χ4n) is 1.04. The van der Waals surface area contributed by atoms with E-state index in [2.05, 4.69) is 5.32 Å². The Kier molecular flexibility index (Phi) is 5.55. The molecule has 1 rings (SSSR count). The number of aliphatic hydroxyl groups excluding tert-OH is 1. The molecule has 0 spiro atoms. The molecule has 0 bridgehead atoms. The number of benzene rings is 1. The third-order valence-corrected chi connectivity index (χ3v) is 2.39. The fourth-order valence-corrected chi connectivity index (χ4v) is 1.38. The molecule has 17 heavy (non-hydrogen) atoms. The van der Waals surface area contributed by atoms with Crippen LogP contribution in [0.3, 0.4) is 0 Å². The summed E-state index contributed by atoms with van der Waals surface area (Å²) < 4.78 is 5.20. The minimum absolute atomic E-state index is 0.174. The van der Waals surface area contributed by atoms with Crippen LogP contribution >= 0.6 is 23.2 Å².